The van der Waals surface area contributed by atoms with Gasteiger partial charge in [0.05, 0.1) is 13.6 Å². The largest absolute Gasteiger partial charge is 0.340 e. The standard InChI is InChI=1S/C12H14N6/c1-17-15-12(14-16-17)8-18-5-4-10-3-2-9(7-13)6-11(10)18/h2-6H,7-8,13H2,1H3. The molecule has 2 N–H and O–H groups in total. The van der Waals surface area contributed by atoms with Crippen LogP contribution < -0.4 is 5.73 Å². The highest BCUT2D eigenvalue weighted by atomic mass is 15.6. The lowest BCUT2D eigenvalue weighted by atomic mass is 10.1. The van der Waals surface area contributed by atoms with E-state index in [1.165, 1.54) is 10.2 Å². The minimum atomic E-state index is 0.546. The Bertz CT molecular complexity index is 681. The fourth-order valence-electron chi connectivity index (χ4n) is 2.03. The van der Waals surface area contributed by atoms with Crippen LogP contribution in [-0.2, 0) is 20.1 Å². The first-order valence-electron chi connectivity index (χ1n) is 5.77. The van der Waals surface area contributed by atoms with Crippen molar-refractivity contribution in [1.29, 1.82) is 0 Å². The third-order valence-electron chi connectivity index (χ3n) is 2.94. The summed E-state index contributed by atoms with van der Waals surface area (Å²) < 4.78 is 2.10. The molecule has 2 aromatic heterocycles. The number of nitrogens with two attached hydrogens (primary N) is 1. The molecule has 0 aliphatic heterocycles. The Hall–Kier alpha value is -2.21. The summed E-state index contributed by atoms with van der Waals surface area (Å²) in [6, 6.07) is 8.31. The van der Waals surface area contributed by atoms with E-state index in [9.17, 15) is 0 Å². The number of aromatic nitrogens is 5. The van der Waals surface area contributed by atoms with E-state index in [1.807, 2.05) is 12.3 Å². The highest BCUT2D eigenvalue weighted by molar-refractivity contribution is 5.80. The zero-order valence-electron chi connectivity index (χ0n) is 10.1. The number of benzene rings is 1. The molecule has 6 heteroatoms. The molecular formula is C12H14N6. The van der Waals surface area contributed by atoms with E-state index in [4.69, 9.17) is 5.73 Å². The number of fused-ring (bicyclic) bond motifs is 1. The van der Waals surface area contributed by atoms with Gasteiger partial charge in [-0.05, 0) is 28.3 Å². The first-order chi connectivity index (χ1) is 8.76. The van der Waals surface area contributed by atoms with E-state index in [1.54, 1.807) is 7.05 Å². The molecule has 18 heavy (non-hydrogen) atoms. The molecule has 6 nitrogen and oxygen atoms in total. The number of tetrazole rings is 1. The average molecular weight is 242 g/mol. The normalized spacial score (nSPS) is 11.2. The second-order valence-electron chi connectivity index (χ2n) is 4.24. The maximum absolute atomic E-state index is 5.67. The van der Waals surface area contributed by atoms with Crippen LogP contribution in [0.25, 0.3) is 10.9 Å². The molecule has 0 saturated heterocycles. The smallest absolute Gasteiger partial charge is 0.194 e. The van der Waals surface area contributed by atoms with Gasteiger partial charge in [0, 0.05) is 18.3 Å². The average Bonchev–Trinajstić information content (AvgIpc) is 2.96. The maximum atomic E-state index is 5.67. The highest BCUT2D eigenvalue weighted by Crippen LogP contribution is 2.18. The van der Waals surface area contributed by atoms with Crippen LogP contribution in [0.15, 0.2) is 30.5 Å². The van der Waals surface area contributed by atoms with Gasteiger partial charge in [0.2, 0.25) is 0 Å². The Morgan fingerprint density at radius 2 is 2.17 bits per heavy atom. The quantitative estimate of drug-likeness (QED) is 0.732. The molecule has 0 radical (unpaired) electrons. The zero-order chi connectivity index (χ0) is 12.5. The second-order valence-corrected chi connectivity index (χ2v) is 4.24. The third kappa shape index (κ3) is 1.86. The summed E-state index contributed by atoms with van der Waals surface area (Å²) in [5.74, 6) is 0.702. The lowest BCUT2D eigenvalue weighted by Gasteiger charge is -2.03. The monoisotopic (exact) mass is 242 g/mol. The lowest BCUT2D eigenvalue weighted by molar-refractivity contribution is 0.625. The topological polar surface area (TPSA) is 74.5 Å². The van der Waals surface area contributed by atoms with Crippen LogP contribution in [0, 0.1) is 0 Å². The van der Waals surface area contributed by atoms with Crippen LogP contribution in [-0.4, -0.2) is 24.8 Å². The van der Waals surface area contributed by atoms with Crippen molar-refractivity contribution in [2.45, 2.75) is 13.1 Å². The molecule has 0 spiro atoms. The van der Waals surface area contributed by atoms with Crippen molar-refractivity contribution in [3.63, 3.8) is 0 Å². The molecule has 1 aromatic carbocycles. The minimum Gasteiger partial charge on any atom is -0.340 e. The van der Waals surface area contributed by atoms with E-state index in [2.05, 4.69) is 38.2 Å². The van der Waals surface area contributed by atoms with Gasteiger partial charge < -0.3 is 10.3 Å². The first-order valence-corrected chi connectivity index (χ1v) is 5.77. The van der Waals surface area contributed by atoms with Crippen molar-refractivity contribution < 1.29 is 0 Å². The number of hydrogen-bond donors (Lipinski definition) is 1. The molecule has 0 amide bonds. The van der Waals surface area contributed by atoms with E-state index in [0.29, 0.717) is 18.9 Å². The summed E-state index contributed by atoms with van der Waals surface area (Å²) >= 11 is 0. The molecule has 0 aliphatic carbocycles. The Morgan fingerprint density at radius 3 is 2.89 bits per heavy atom. The molecule has 0 atom stereocenters. The Balaban J connectivity index is 2.01. The molecule has 0 unspecified atom stereocenters. The van der Waals surface area contributed by atoms with Crippen LogP contribution in [0.1, 0.15) is 11.4 Å². The summed E-state index contributed by atoms with van der Waals surface area (Å²) in [7, 11) is 1.76. The zero-order valence-corrected chi connectivity index (χ0v) is 10.1. The molecule has 92 valence electrons. The molecule has 2 heterocycles. The molecule has 3 rings (SSSR count). The summed E-state index contributed by atoms with van der Waals surface area (Å²) in [6.45, 7) is 1.16. The molecule has 0 aliphatic rings. The van der Waals surface area contributed by atoms with Gasteiger partial charge in [-0.15, -0.1) is 10.2 Å². The second kappa shape index (κ2) is 4.23. The Morgan fingerprint density at radius 1 is 1.28 bits per heavy atom. The first kappa shape index (κ1) is 10.9. The summed E-state index contributed by atoms with van der Waals surface area (Å²) in [5.41, 5.74) is 7.93. The van der Waals surface area contributed by atoms with Crippen molar-refractivity contribution in [2.24, 2.45) is 12.8 Å². The van der Waals surface area contributed by atoms with Crippen molar-refractivity contribution in [1.82, 2.24) is 24.8 Å². The molecular weight excluding hydrogens is 228 g/mol. The van der Waals surface area contributed by atoms with E-state index < -0.39 is 0 Å². The Labute approximate surface area is 104 Å². The Kier molecular flexibility index (Phi) is 2.56. The number of nitrogens with zero attached hydrogens (tertiary/aromatic N) is 5. The van der Waals surface area contributed by atoms with Gasteiger partial charge in [-0.25, -0.2) is 0 Å². The number of aryl methyl sites for hydroxylation is 1. The molecule has 0 fully saturated rings. The van der Waals surface area contributed by atoms with Gasteiger partial charge in [0.1, 0.15) is 0 Å². The van der Waals surface area contributed by atoms with Gasteiger partial charge >= 0.3 is 0 Å². The van der Waals surface area contributed by atoms with Crippen molar-refractivity contribution in [2.75, 3.05) is 0 Å². The summed E-state index contributed by atoms with van der Waals surface area (Å²) in [4.78, 5) is 1.46. The van der Waals surface area contributed by atoms with Gasteiger partial charge in [0.25, 0.3) is 0 Å². The summed E-state index contributed by atoms with van der Waals surface area (Å²) in [5, 5.41) is 13.2. The number of hydrogen-bond acceptors (Lipinski definition) is 4. The van der Waals surface area contributed by atoms with Crippen LogP contribution in [0.2, 0.25) is 0 Å². The van der Waals surface area contributed by atoms with Gasteiger partial charge in [0.15, 0.2) is 5.82 Å². The lowest BCUT2D eigenvalue weighted by Crippen LogP contribution is -2.02. The van der Waals surface area contributed by atoms with Crippen molar-refractivity contribution in [3.05, 3.63) is 41.9 Å². The minimum absolute atomic E-state index is 0.546. The fraction of sp³-hybridized carbons (Fsp3) is 0.250. The van der Waals surface area contributed by atoms with E-state index in [0.717, 1.165) is 11.1 Å². The van der Waals surface area contributed by atoms with Gasteiger partial charge in [-0.1, -0.05) is 12.1 Å². The van der Waals surface area contributed by atoms with Crippen molar-refractivity contribution in [3.8, 4) is 0 Å². The predicted molar refractivity (Wildman–Crippen MR) is 67.7 cm³/mol. The van der Waals surface area contributed by atoms with Crippen LogP contribution in [0.3, 0.4) is 0 Å². The third-order valence-corrected chi connectivity index (χ3v) is 2.94. The molecule has 0 bridgehead atoms. The van der Waals surface area contributed by atoms with E-state index >= 15 is 0 Å². The maximum Gasteiger partial charge on any atom is 0.194 e. The van der Waals surface area contributed by atoms with Crippen LogP contribution in [0.5, 0.6) is 0 Å². The van der Waals surface area contributed by atoms with E-state index in [-0.39, 0.29) is 0 Å². The fourth-order valence-corrected chi connectivity index (χ4v) is 2.03. The van der Waals surface area contributed by atoms with Gasteiger partial charge in [-0.2, -0.15) is 4.80 Å². The SMILES string of the molecule is Cn1nnc(Cn2ccc3ccc(CN)cc32)n1. The predicted octanol–water partition coefficient (Wildman–Crippen LogP) is 0.672. The van der Waals surface area contributed by atoms with Gasteiger partial charge in [-0.3, -0.25) is 0 Å². The summed E-state index contributed by atoms with van der Waals surface area (Å²) in [6.07, 6.45) is 2.03. The molecule has 0 saturated carbocycles. The highest BCUT2D eigenvalue weighted by Gasteiger charge is 2.06. The van der Waals surface area contributed by atoms with Crippen LogP contribution >= 0.6 is 0 Å². The number of rotatable bonds is 3. The molecule has 3 aromatic rings. The van der Waals surface area contributed by atoms with Crippen LogP contribution in [0.4, 0.5) is 0 Å². The van der Waals surface area contributed by atoms with Crippen molar-refractivity contribution >= 4 is 10.9 Å².